The predicted molar refractivity (Wildman–Crippen MR) is 156 cm³/mol. The molecule has 0 heterocycles. The van der Waals surface area contributed by atoms with Gasteiger partial charge in [-0.1, -0.05) is 69.7 Å². The maximum Gasteiger partial charge on any atom is 0.303 e. The number of aryl methyl sites for hydroxylation is 1. The molecule has 216 valence electrons. The molecule has 2 aromatic rings. The van der Waals surface area contributed by atoms with Gasteiger partial charge in [0.05, 0.1) is 5.92 Å². The molecule has 2 N–H and O–H groups in total. The van der Waals surface area contributed by atoms with E-state index in [1.54, 1.807) is 18.2 Å². The Morgan fingerprint density at radius 3 is 2.38 bits per heavy atom. The van der Waals surface area contributed by atoms with Crippen LogP contribution in [-0.4, -0.2) is 23.4 Å². The van der Waals surface area contributed by atoms with Crippen LogP contribution in [0.5, 0.6) is 0 Å². The number of halogens is 3. The van der Waals surface area contributed by atoms with Gasteiger partial charge in [0.2, 0.25) is 5.91 Å². The fraction of sp³-hybridized carbons (Fsp3) is 0.394. The van der Waals surface area contributed by atoms with Gasteiger partial charge in [0.1, 0.15) is 5.82 Å². The molecule has 1 atom stereocenters. The van der Waals surface area contributed by atoms with Crippen LogP contribution in [0.25, 0.3) is 5.57 Å². The van der Waals surface area contributed by atoms with Crippen LogP contribution in [0, 0.1) is 18.7 Å². The molecule has 0 radical (unpaired) electrons. The summed E-state index contributed by atoms with van der Waals surface area (Å²) in [6.07, 6.45) is 5.14. The monoisotopic (exact) mass is 555 g/mol. The number of aliphatic carboxylic acids is 1. The number of anilines is 1. The van der Waals surface area contributed by atoms with Gasteiger partial charge in [0.15, 0.2) is 0 Å². The Balaban J connectivity index is 0.00000274. The van der Waals surface area contributed by atoms with Crippen molar-refractivity contribution in [1.29, 1.82) is 0 Å². The fourth-order valence-electron chi connectivity index (χ4n) is 5.13. The van der Waals surface area contributed by atoms with Crippen LogP contribution >= 0.6 is 0 Å². The number of hydrogen-bond acceptors (Lipinski definition) is 2. The Morgan fingerprint density at radius 2 is 1.82 bits per heavy atom. The van der Waals surface area contributed by atoms with E-state index >= 15 is 4.39 Å². The average Bonchev–Trinajstić information content (AvgIpc) is 3.46. The highest BCUT2D eigenvalue weighted by Gasteiger charge is 2.33. The van der Waals surface area contributed by atoms with Crippen molar-refractivity contribution in [3.8, 4) is 0 Å². The molecule has 0 aromatic heterocycles. The zero-order valence-electron chi connectivity index (χ0n) is 23.8. The lowest BCUT2D eigenvalue weighted by molar-refractivity contribution is -0.137. The lowest BCUT2D eigenvalue weighted by atomic mass is 9.83. The van der Waals surface area contributed by atoms with E-state index in [9.17, 15) is 18.4 Å². The van der Waals surface area contributed by atoms with Crippen LogP contribution in [0.4, 0.5) is 18.9 Å². The van der Waals surface area contributed by atoms with Gasteiger partial charge in [0.25, 0.3) is 6.43 Å². The van der Waals surface area contributed by atoms with Crippen molar-refractivity contribution in [3.63, 3.8) is 0 Å². The molecule has 2 aromatic carbocycles. The largest absolute Gasteiger partial charge is 0.481 e. The third-order valence-corrected chi connectivity index (χ3v) is 7.26. The number of nitrogens with one attached hydrogen (secondary N) is 1. The zero-order chi connectivity index (χ0) is 29.8. The van der Waals surface area contributed by atoms with Crippen molar-refractivity contribution in [2.75, 3.05) is 5.32 Å². The maximum atomic E-state index is 15.4. The first-order chi connectivity index (χ1) is 19.2. The predicted octanol–water partition coefficient (Wildman–Crippen LogP) is 8.87. The number of benzene rings is 2. The van der Waals surface area contributed by atoms with Crippen molar-refractivity contribution in [2.24, 2.45) is 5.92 Å². The molecule has 1 amide bonds. The van der Waals surface area contributed by atoms with Crippen LogP contribution in [0.15, 0.2) is 66.8 Å². The van der Waals surface area contributed by atoms with Crippen LogP contribution in [0.3, 0.4) is 0 Å². The molecule has 0 aliphatic heterocycles. The highest BCUT2D eigenvalue weighted by atomic mass is 19.3. The van der Waals surface area contributed by atoms with E-state index in [1.807, 2.05) is 26.8 Å². The summed E-state index contributed by atoms with van der Waals surface area (Å²) >= 11 is 0. The first kappa shape index (κ1) is 32.6. The Morgan fingerprint density at radius 1 is 1.15 bits per heavy atom. The minimum absolute atomic E-state index is 0.0113. The van der Waals surface area contributed by atoms with E-state index in [4.69, 9.17) is 5.11 Å². The number of carboxylic acid groups (broad SMARTS) is 1. The molecule has 3 rings (SSSR count). The lowest BCUT2D eigenvalue weighted by Crippen LogP contribution is -2.27. The number of amides is 1. The Kier molecular flexibility index (Phi) is 12.9. The second-order valence-electron chi connectivity index (χ2n) is 9.63. The Labute approximate surface area is 235 Å². The number of carbonyl (C=O) groups excluding carboxylic acids is 1. The molecule has 1 aliphatic rings. The molecular weight excluding hydrogens is 515 g/mol. The quantitative estimate of drug-likeness (QED) is 0.272. The SMILES string of the molecule is C=C/C(=C\C(=C/C)C(F)F)c1ccc(C(C(=O)Nc2cccc(CCC(=O)O)c2C)C2CCCC2)cc1F.CC. The minimum atomic E-state index is -2.70. The van der Waals surface area contributed by atoms with E-state index in [0.29, 0.717) is 17.7 Å². The molecule has 1 fully saturated rings. The van der Waals surface area contributed by atoms with Crippen LogP contribution in [-0.2, 0) is 16.0 Å². The van der Waals surface area contributed by atoms with Crippen molar-refractivity contribution in [2.45, 2.75) is 78.6 Å². The molecule has 1 unspecified atom stereocenters. The number of allylic oxidation sites excluding steroid dienone is 5. The van der Waals surface area contributed by atoms with Gasteiger partial charge >= 0.3 is 5.97 Å². The van der Waals surface area contributed by atoms with Gasteiger partial charge in [-0.25, -0.2) is 13.2 Å². The van der Waals surface area contributed by atoms with Crippen LogP contribution < -0.4 is 5.32 Å². The summed E-state index contributed by atoms with van der Waals surface area (Å²) in [4.78, 5) is 24.6. The first-order valence-corrected chi connectivity index (χ1v) is 13.9. The fourth-order valence-corrected chi connectivity index (χ4v) is 5.13. The summed E-state index contributed by atoms with van der Waals surface area (Å²) in [5, 5.41) is 12.0. The van der Waals surface area contributed by atoms with Gasteiger partial charge in [-0.2, -0.15) is 0 Å². The number of hydrogen-bond donors (Lipinski definition) is 2. The average molecular weight is 556 g/mol. The van der Waals surface area contributed by atoms with Crippen molar-refractivity contribution < 1.29 is 27.9 Å². The van der Waals surface area contributed by atoms with E-state index < -0.39 is 24.1 Å². The molecule has 1 aliphatic carbocycles. The second-order valence-corrected chi connectivity index (χ2v) is 9.63. The summed E-state index contributed by atoms with van der Waals surface area (Å²) in [5.41, 5.74) is 2.90. The summed E-state index contributed by atoms with van der Waals surface area (Å²) in [6, 6.07) is 9.92. The third-order valence-electron chi connectivity index (χ3n) is 7.26. The van der Waals surface area contributed by atoms with Gasteiger partial charge in [-0.15, -0.1) is 0 Å². The molecule has 0 spiro atoms. The molecule has 0 bridgehead atoms. The summed E-state index contributed by atoms with van der Waals surface area (Å²) < 4.78 is 41.9. The highest BCUT2D eigenvalue weighted by molar-refractivity contribution is 5.97. The summed E-state index contributed by atoms with van der Waals surface area (Å²) in [5.74, 6) is -2.31. The van der Waals surface area contributed by atoms with Crippen molar-refractivity contribution in [3.05, 3.63) is 94.8 Å². The highest BCUT2D eigenvalue weighted by Crippen LogP contribution is 2.39. The van der Waals surface area contributed by atoms with Gasteiger partial charge < -0.3 is 10.4 Å². The van der Waals surface area contributed by atoms with Gasteiger partial charge in [-0.05, 0) is 79.5 Å². The number of carboxylic acids is 1. The van der Waals surface area contributed by atoms with Gasteiger partial charge in [0, 0.05) is 23.2 Å². The second kappa shape index (κ2) is 15.8. The van der Waals surface area contributed by atoms with Crippen LogP contribution in [0.2, 0.25) is 0 Å². The van der Waals surface area contributed by atoms with E-state index in [2.05, 4.69) is 11.9 Å². The van der Waals surface area contributed by atoms with Crippen molar-refractivity contribution >= 4 is 23.1 Å². The molecular formula is C33H40F3NO3. The zero-order valence-corrected chi connectivity index (χ0v) is 23.8. The normalized spacial score (nSPS) is 14.9. The first-order valence-electron chi connectivity index (χ1n) is 13.9. The van der Waals surface area contributed by atoms with E-state index in [1.165, 1.54) is 37.3 Å². The van der Waals surface area contributed by atoms with Crippen LogP contribution in [0.1, 0.15) is 81.0 Å². The Bertz CT molecular complexity index is 1240. The standard InChI is InChI=1S/C31H34F3NO3.C2H6/c1-4-20(17-21(5-2)30(33)34)25-15-13-24(18-26(25)32)29(23-9-6-7-10-23)31(38)35-27-12-8-11-22(19(27)3)14-16-28(36)37;1-2/h4-5,8,11-13,15,17-18,23,29-30H,1,6-7,9-10,14,16H2,2-3H3,(H,35,38)(H,36,37);1-2H3/b20-17+,21-5+;. The number of rotatable bonds is 11. The number of alkyl halides is 2. The lowest BCUT2D eigenvalue weighted by Gasteiger charge is -2.24. The molecule has 40 heavy (non-hydrogen) atoms. The number of carbonyl (C=O) groups is 2. The third kappa shape index (κ3) is 8.44. The molecule has 0 saturated heterocycles. The summed E-state index contributed by atoms with van der Waals surface area (Å²) in [7, 11) is 0. The van der Waals surface area contributed by atoms with E-state index in [0.717, 1.165) is 36.8 Å². The molecule has 1 saturated carbocycles. The summed E-state index contributed by atoms with van der Waals surface area (Å²) in [6.45, 7) is 11.0. The molecule has 7 heteroatoms. The molecule has 4 nitrogen and oxygen atoms in total. The smallest absolute Gasteiger partial charge is 0.303 e. The Hall–Kier alpha value is -3.61. The topological polar surface area (TPSA) is 66.4 Å². The minimum Gasteiger partial charge on any atom is -0.481 e. The maximum absolute atomic E-state index is 15.4. The van der Waals surface area contributed by atoms with Crippen molar-refractivity contribution in [1.82, 2.24) is 0 Å². The van der Waals surface area contributed by atoms with E-state index in [-0.39, 0.29) is 35.0 Å². The van der Waals surface area contributed by atoms with Gasteiger partial charge in [-0.3, -0.25) is 9.59 Å².